The number of carbonyl (C=O) groups excluding carboxylic acids is 1. The molecule has 0 bridgehead atoms. The van der Waals surface area contributed by atoms with Gasteiger partial charge in [0, 0.05) is 32.5 Å². The number of hydrogen-bond acceptors (Lipinski definition) is 4. The molecule has 152 valence electrons. The summed E-state index contributed by atoms with van der Waals surface area (Å²) in [5, 5.41) is 0. The van der Waals surface area contributed by atoms with Crippen LogP contribution >= 0.6 is 0 Å². The van der Waals surface area contributed by atoms with Crippen LogP contribution in [-0.2, 0) is 20.7 Å². The Labute approximate surface area is 164 Å². The Morgan fingerprint density at radius 2 is 1.52 bits per heavy atom. The molecule has 1 rings (SSSR count). The standard InChI is InChI=1S/C23H36O4/c1-3-23(24)27-22-17-12-11-16-21(22)15-10-8-6-5-7-9-13-18-26-20-14-19-25-4-2/h3,11-12,16-17H,1,4-10,13-15,18-20H2,2H3. The lowest BCUT2D eigenvalue weighted by molar-refractivity contribution is -0.129. The summed E-state index contributed by atoms with van der Waals surface area (Å²) in [4.78, 5) is 11.4. The van der Waals surface area contributed by atoms with E-state index in [-0.39, 0.29) is 0 Å². The summed E-state index contributed by atoms with van der Waals surface area (Å²) < 4.78 is 16.2. The Morgan fingerprint density at radius 1 is 0.889 bits per heavy atom. The van der Waals surface area contributed by atoms with Gasteiger partial charge in [-0.15, -0.1) is 0 Å². The number of carbonyl (C=O) groups is 1. The lowest BCUT2D eigenvalue weighted by Gasteiger charge is -2.08. The number of para-hydroxylation sites is 1. The maximum Gasteiger partial charge on any atom is 0.335 e. The fraction of sp³-hybridized carbons (Fsp3) is 0.609. The topological polar surface area (TPSA) is 44.8 Å². The van der Waals surface area contributed by atoms with Gasteiger partial charge in [-0.1, -0.05) is 56.9 Å². The molecule has 0 fully saturated rings. The summed E-state index contributed by atoms with van der Waals surface area (Å²) in [6.45, 7) is 8.72. The van der Waals surface area contributed by atoms with Crippen molar-refractivity contribution >= 4 is 5.97 Å². The number of rotatable bonds is 17. The number of unbranched alkanes of at least 4 members (excludes halogenated alkanes) is 6. The zero-order valence-corrected chi connectivity index (χ0v) is 16.9. The molecule has 0 saturated heterocycles. The first-order valence-corrected chi connectivity index (χ1v) is 10.4. The number of benzene rings is 1. The molecule has 0 radical (unpaired) electrons. The second-order valence-corrected chi connectivity index (χ2v) is 6.62. The van der Waals surface area contributed by atoms with Crippen molar-refractivity contribution in [3.05, 3.63) is 42.5 Å². The van der Waals surface area contributed by atoms with Crippen LogP contribution in [0.2, 0.25) is 0 Å². The maximum absolute atomic E-state index is 11.4. The van der Waals surface area contributed by atoms with Crippen LogP contribution in [0.25, 0.3) is 0 Å². The van der Waals surface area contributed by atoms with E-state index in [2.05, 4.69) is 6.58 Å². The average molecular weight is 377 g/mol. The van der Waals surface area contributed by atoms with Crippen LogP contribution in [0.5, 0.6) is 5.75 Å². The van der Waals surface area contributed by atoms with Gasteiger partial charge in [0.15, 0.2) is 0 Å². The predicted molar refractivity (Wildman–Crippen MR) is 110 cm³/mol. The summed E-state index contributed by atoms with van der Waals surface area (Å²) in [5.41, 5.74) is 1.09. The molecule has 0 N–H and O–H groups in total. The van der Waals surface area contributed by atoms with Crippen molar-refractivity contribution in [2.45, 2.75) is 64.7 Å². The third kappa shape index (κ3) is 12.4. The first kappa shape index (κ1) is 23.4. The molecular formula is C23H36O4. The van der Waals surface area contributed by atoms with Gasteiger partial charge in [0.25, 0.3) is 0 Å². The van der Waals surface area contributed by atoms with Crippen LogP contribution in [-0.4, -0.2) is 32.4 Å². The Balaban J connectivity index is 1.97. The van der Waals surface area contributed by atoms with Crippen molar-refractivity contribution in [2.75, 3.05) is 26.4 Å². The van der Waals surface area contributed by atoms with E-state index in [4.69, 9.17) is 14.2 Å². The summed E-state index contributed by atoms with van der Waals surface area (Å²) in [6.07, 6.45) is 11.6. The maximum atomic E-state index is 11.4. The van der Waals surface area contributed by atoms with E-state index in [1.165, 1.54) is 38.2 Å². The third-order valence-corrected chi connectivity index (χ3v) is 4.37. The smallest absolute Gasteiger partial charge is 0.335 e. The minimum atomic E-state index is -0.402. The molecule has 0 spiro atoms. The van der Waals surface area contributed by atoms with Gasteiger partial charge in [0.1, 0.15) is 5.75 Å². The first-order valence-electron chi connectivity index (χ1n) is 10.4. The fourth-order valence-electron chi connectivity index (χ4n) is 2.87. The van der Waals surface area contributed by atoms with Crippen LogP contribution in [0.3, 0.4) is 0 Å². The van der Waals surface area contributed by atoms with E-state index in [9.17, 15) is 4.79 Å². The van der Waals surface area contributed by atoms with E-state index in [1.54, 1.807) is 0 Å². The van der Waals surface area contributed by atoms with Crippen molar-refractivity contribution in [3.63, 3.8) is 0 Å². The zero-order valence-electron chi connectivity index (χ0n) is 16.9. The molecule has 0 aliphatic heterocycles. The van der Waals surface area contributed by atoms with Gasteiger partial charge in [-0.05, 0) is 44.2 Å². The van der Waals surface area contributed by atoms with E-state index < -0.39 is 5.97 Å². The number of aryl methyl sites for hydroxylation is 1. The lowest BCUT2D eigenvalue weighted by atomic mass is 10.0. The van der Waals surface area contributed by atoms with Gasteiger partial charge in [0.05, 0.1) is 0 Å². The molecule has 0 amide bonds. The van der Waals surface area contributed by atoms with E-state index >= 15 is 0 Å². The molecule has 0 saturated carbocycles. The van der Waals surface area contributed by atoms with Crippen molar-refractivity contribution in [1.29, 1.82) is 0 Å². The molecule has 1 aromatic carbocycles. The molecule has 27 heavy (non-hydrogen) atoms. The molecule has 0 atom stereocenters. The number of esters is 1. The van der Waals surface area contributed by atoms with E-state index in [0.717, 1.165) is 57.7 Å². The average Bonchev–Trinajstić information content (AvgIpc) is 2.69. The largest absolute Gasteiger partial charge is 0.423 e. The second-order valence-electron chi connectivity index (χ2n) is 6.62. The summed E-state index contributed by atoms with van der Waals surface area (Å²) >= 11 is 0. The first-order chi connectivity index (χ1) is 13.3. The third-order valence-electron chi connectivity index (χ3n) is 4.37. The minimum absolute atomic E-state index is 0.402. The summed E-state index contributed by atoms with van der Waals surface area (Å²) in [6, 6.07) is 7.74. The van der Waals surface area contributed by atoms with Crippen LogP contribution in [0, 0.1) is 0 Å². The van der Waals surface area contributed by atoms with Gasteiger partial charge in [-0.25, -0.2) is 4.79 Å². The second kappa shape index (κ2) is 16.5. The fourth-order valence-corrected chi connectivity index (χ4v) is 2.87. The van der Waals surface area contributed by atoms with Crippen LogP contribution in [0.1, 0.15) is 63.9 Å². The lowest BCUT2D eigenvalue weighted by Crippen LogP contribution is -2.05. The minimum Gasteiger partial charge on any atom is -0.423 e. The molecule has 4 heteroatoms. The summed E-state index contributed by atoms with van der Waals surface area (Å²) in [7, 11) is 0. The van der Waals surface area contributed by atoms with Gasteiger partial charge in [0.2, 0.25) is 0 Å². The van der Waals surface area contributed by atoms with Crippen molar-refractivity contribution in [1.82, 2.24) is 0 Å². The normalized spacial score (nSPS) is 10.7. The highest BCUT2D eigenvalue weighted by molar-refractivity contribution is 5.83. The molecule has 0 aliphatic rings. The van der Waals surface area contributed by atoms with Crippen molar-refractivity contribution < 1.29 is 19.0 Å². The van der Waals surface area contributed by atoms with Crippen LogP contribution in [0.4, 0.5) is 0 Å². The van der Waals surface area contributed by atoms with Gasteiger partial charge in [-0.2, -0.15) is 0 Å². The Morgan fingerprint density at radius 3 is 2.26 bits per heavy atom. The quantitative estimate of drug-likeness (QED) is 0.156. The van der Waals surface area contributed by atoms with E-state index in [0.29, 0.717) is 5.75 Å². The molecule has 0 heterocycles. The molecule has 4 nitrogen and oxygen atoms in total. The molecular weight excluding hydrogens is 340 g/mol. The van der Waals surface area contributed by atoms with Crippen molar-refractivity contribution in [3.8, 4) is 5.75 Å². The Hall–Kier alpha value is -1.65. The number of ether oxygens (including phenoxy) is 3. The van der Waals surface area contributed by atoms with Gasteiger partial charge >= 0.3 is 5.97 Å². The Bertz CT molecular complexity index is 513. The molecule has 0 unspecified atom stereocenters. The highest BCUT2D eigenvalue weighted by Gasteiger charge is 2.06. The van der Waals surface area contributed by atoms with Gasteiger partial charge in [-0.3, -0.25) is 0 Å². The van der Waals surface area contributed by atoms with Crippen LogP contribution < -0.4 is 4.74 Å². The SMILES string of the molecule is C=CC(=O)Oc1ccccc1CCCCCCCCCOCCCOCC. The number of hydrogen-bond donors (Lipinski definition) is 0. The zero-order chi connectivity index (χ0) is 19.6. The molecule has 0 aliphatic carbocycles. The molecule has 0 aromatic heterocycles. The highest BCUT2D eigenvalue weighted by Crippen LogP contribution is 2.21. The van der Waals surface area contributed by atoms with E-state index in [1.807, 2.05) is 31.2 Å². The van der Waals surface area contributed by atoms with Crippen molar-refractivity contribution in [2.24, 2.45) is 0 Å². The monoisotopic (exact) mass is 376 g/mol. The van der Waals surface area contributed by atoms with Crippen LogP contribution in [0.15, 0.2) is 36.9 Å². The highest BCUT2D eigenvalue weighted by atomic mass is 16.5. The summed E-state index contributed by atoms with van der Waals surface area (Å²) in [5.74, 6) is 0.254. The van der Waals surface area contributed by atoms with Gasteiger partial charge < -0.3 is 14.2 Å². The molecule has 1 aromatic rings. The Kier molecular flexibility index (Phi) is 14.3. The predicted octanol–water partition coefficient (Wildman–Crippen LogP) is 5.49.